The zero-order valence-electron chi connectivity index (χ0n) is 8.92. The van der Waals surface area contributed by atoms with Crippen LogP contribution in [0.3, 0.4) is 0 Å². The maximum absolute atomic E-state index is 11.3. The Hall–Kier alpha value is -1.06. The van der Waals surface area contributed by atoms with Crippen molar-refractivity contribution in [3.05, 3.63) is 0 Å². The number of rotatable bonds is 2. The first-order valence-corrected chi connectivity index (χ1v) is 4.84. The summed E-state index contributed by atoms with van der Waals surface area (Å²) in [6.07, 6.45) is 2.46. The fourth-order valence-corrected chi connectivity index (χ4v) is 1.29. The highest BCUT2D eigenvalue weighted by atomic mass is 16.6. The second-order valence-corrected chi connectivity index (χ2v) is 4.80. The van der Waals surface area contributed by atoms with E-state index in [1.165, 1.54) is 0 Å². The number of nitrogens with one attached hydrogen (secondary N) is 1. The fourth-order valence-electron chi connectivity index (χ4n) is 1.29. The largest absolute Gasteiger partial charge is 0.435 e. The van der Waals surface area contributed by atoms with Crippen LogP contribution < -0.4 is 5.32 Å². The van der Waals surface area contributed by atoms with E-state index < -0.39 is 11.7 Å². The summed E-state index contributed by atoms with van der Waals surface area (Å²) in [6, 6.07) is 0. The van der Waals surface area contributed by atoms with Gasteiger partial charge in [0.25, 0.3) is 0 Å². The van der Waals surface area contributed by atoms with Crippen LogP contribution in [0.15, 0.2) is 0 Å². The normalized spacial score (nSPS) is 19.4. The highest BCUT2D eigenvalue weighted by Crippen LogP contribution is 2.33. The molecule has 0 heterocycles. The molecule has 1 fully saturated rings. The first kappa shape index (κ1) is 11.0. The van der Waals surface area contributed by atoms with Crippen molar-refractivity contribution < 1.29 is 14.3 Å². The molecule has 0 saturated heterocycles. The van der Waals surface area contributed by atoms with Crippen LogP contribution in [0.1, 0.15) is 40.0 Å². The Balaban J connectivity index is 2.44. The first-order valence-electron chi connectivity index (χ1n) is 4.84. The van der Waals surface area contributed by atoms with Crippen LogP contribution in [0.2, 0.25) is 0 Å². The number of amides is 1. The van der Waals surface area contributed by atoms with E-state index in [0.29, 0.717) is 12.8 Å². The Morgan fingerprint density at radius 3 is 2.29 bits per heavy atom. The summed E-state index contributed by atoms with van der Waals surface area (Å²) in [7, 11) is 0. The molecular formula is C10H17NO3. The highest BCUT2D eigenvalue weighted by Gasteiger charge is 2.41. The van der Waals surface area contributed by atoms with Gasteiger partial charge in [-0.25, -0.2) is 4.79 Å². The molecule has 0 aromatic heterocycles. The summed E-state index contributed by atoms with van der Waals surface area (Å²) < 4.78 is 5.08. The molecule has 0 radical (unpaired) electrons. The van der Waals surface area contributed by atoms with Gasteiger partial charge in [-0.15, -0.1) is 0 Å². The molecule has 1 amide bonds. The Bertz CT molecular complexity index is 238. The smallest absolute Gasteiger partial charge is 0.408 e. The van der Waals surface area contributed by atoms with Gasteiger partial charge in [0.05, 0.1) is 0 Å². The van der Waals surface area contributed by atoms with Crippen molar-refractivity contribution in [3.8, 4) is 0 Å². The van der Waals surface area contributed by atoms with Gasteiger partial charge >= 0.3 is 6.09 Å². The lowest BCUT2D eigenvalue weighted by molar-refractivity contribution is -0.132. The summed E-state index contributed by atoms with van der Waals surface area (Å²) in [5.74, 6) is 0. The van der Waals surface area contributed by atoms with Gasteiger partial charge in [0.2, 0.25) is 0 Å². The van der Waals surface area contributed by atoms with Crippen molar-refractivity contribution in [2.45, 2.75) is 51.2 Å². The van der Waals surface area contributed by atoms with E-state index in [4.69, 9.17) is 4.74 Å². The number of hydrogen-bond donors (Lipinski definition) is 1. The molecule has 0 spiro atoms. The molecule has 1 aliphatic rings. The van der Waals surface area contributed by atoms with Crippen LogP contribution in [0.5, 0.6) is 0 Å². The summed E-state index contributed by atoms with van der Waals surface area (Å²) in [5.41, 5.74) is -1.17. The molecule has 1 rings (SSSR count). The Labute approximate surface area is 84.0 Å². The van der Waals surface area contributed by atoms with Gasteiger partial charge in [0.15, 0.2) is 11.9 Å². The molecule has 0 aromatic carbocycles. The van der Waals surface area contributed by atoms with E-state index in [1.807, 2.05) is 20.8 Å². The van der Waals surface area contributed by atoms with Gasteiger partial charge in [0, 0.05) is 5.54 Å². The zero-order chi connectivity index (χ0) is 10.8. The van der Waals surface area contributed by atoms with E-state index in [1.54, 1.807) is 0 Å². The molecular weight excluding hydrogens is 182 g/mol. The van der Waals surface area contributed by atoms with E-state index in [0.717, 1.165) is 12.7 Å². The molecule has 0 unspecified atom stereocenters. The molecule has 0 aliphatic heterocycles. The average molecular weight is 199 g/mol. The molecule has 4 heteroatoms. The average Bonchev–Trinajstić information content (AvgIpc) is 1.93. The third kappa shape index (κ3) is 2.72. The first-order chi connectivity index (χ1) is 6.37. The van der Waals surface area contributed by atoms with E-state index >= 15 is 0 Å². The molecule has 0 aromatic rings. The quantitative estimate of drug-likeness (QED) is 0.688. The molecule has 80 valence electrons. The minimum absolute atomic E-state index is 0.328. The van der Waals surface area contributed by atoms with Crippen molar-refractivity contribution in [1.29, 1.82) is 0 Å². The molecule has 4 nitrogen and oxygen atoms in total. The van der Waals surface area contributed by atoms with Crippen molar-refractivity contribution in [2.24, 2.45) is 0 Å². The van der Waals surface area contributed by atoms with Crippen molar-refractivity contribution >= 4 is 12.4 Å². The van der Waals surface area contributed by atoms with Gasteiger partial charge in [0.1, 0.15) is 0 Å². The summed E-state index contributed by atoms with van der Waals surface area (Å²) in [4.78, 5) is 22.0. The van der Waals surface area contributed by atoms with Crippen molar-refractivity contribution in [1.82, 2.24) is 5.32 Å². The number of carbonyl (C=O) groups is 2. The Morgan fingerprint density at radius 2 is 2.00 bits per heavy atom. The topological polar surface area (TPSA) is 55.4 Å². The number of alkyl carbamates (subject to hydrolysis) is 1. The number of ether oxygens (including phenoxy) is 1. The monoisotopic (exact) mass is 199 g/mol. The molecule has 1 saturated carbocycles. The molecule has 14 heavy (non-hydrogen) atoms. The minimum Gasteiger partial charge on any atom is -0.435 e. The second-order valence-electron chi connectivity index (χ2n) is 4.80. The molecule has 0 bridgehead atoms. The Morgan fingerprint density at radius 1 is 1.43 bits per heavy atom. The predicted molar refractivity (Wildman–Crippen MR) is 52.0 cm³/mol. The lowest BCUT2D eigenvalue weighted by Gasteiger charge is -2.36. The second kappa shape index (κ2) is 3.59. The summed E-state index contributed by atoms with van der Waals surface area (Å²) in [6.45, 7) is 5.59. The molecule has 0 atom stereocenters. The molecule has 1 aliphatic carbocycles. The lowest BCUT2D eigenvalue weighted by atomic mass is 9.81. The summed E-state index contributed by atoms with van der Waals surface area (Å²) >= 11 is 0. The van der Waals surface area contributed by atoms with E-state index in [2.05, 4.69) is 5.32 Å². The molecule has 1 N–H and O–H groups in total. The van der Waals surface area contributed by atoms with E-state index in [-0.39, 0.29) is 5.54 Å². The number of hydrogen-bond acceptors (Lipinski definition) is 3. The van der Waals surface area contributed by atoms with Crippen LogP contribution in [0.4, 0.5) is 4.79 Å². The van der Waals surface area contributed by atoms with Crippen LogP contribution in [-0.2, 0) is 9.53 Å². The standard InChI is InChI=1S/C10H17NO3/c1-9(2,3)11-8(13)14-10(7-12)5-4-6-10/h7H,4-6H2,1-3H3,(H,11,13). The number of carbonyl (C=O) groups excluding carboxylic acids is 2. The predicted octanol–water partition coefficient (Wildman–Crippen LogP) is 1.63. The maximum atomic E-state index is 11.3. The van der Waals surface area contributed by atoms with Crippen LogP contribution in [0.25, 0.3) is 0 Å². The van der Waals surface area contributed by atoms with Crippen molar-refractivity contribution in [2.75, 3.05) is 0 Å². The minimum atomic E-state index is -0.838. The summed E-state index contributed by atoms with van der Waals surface area (Å²) in [5, 5.41) is 2.66. The van der Waals surface area contributed by atoms with Gasteiger partial charge in [-0.3, -0.25) is 4.79 Å². The van der Waals surface area contributed by atoms with Crippen LogP contribution >= 0.6 is 0 Å². The zero-order valence-corrected chi connectivity index (χ0v) is 8.92. The van der Waals surface area contributed by atoms with Crippen molar-refractivity contribution in [3.63, 3.8) is 0 Å². The SMILES string of the molecule is CC(C)(C)NC(=O)OC1(C=O)CCC1. The Kier molecular flexibility index (Phi) is 2.83. The van der Waals surface area contributed by atoms with Crippen LogP contribution in [0, 0.1) is 0 Å². The van der Waals surface area contributed by atoms with E-state index in [9.17, 15) is 9.59 Å². The lowest BCUT2D eigenvalue weighted by Crippen LogP contribution is -2.49. The number of aldehydes is 1. The van der Waals surface area contributed by atoms with Gasteiger partial charge < -0.3 is 10.1 Å². The van der Waals surface area contributed by atoms with Gasteiger partial charge in [-0.2, -0.15) is 0 Å². The third-order valence-electron chi connectivity index (χ3n) is 2.19. The highest BCUT2D eigenvalue weighted by molar-refractivity contribution is 5.74. The fraction of sp³-hybridized carbons (Fsp3) is 0.800. The third-order valence-corrected chi connectivity index (χ3v) is 2.19. The van der Waals surface area contributed by atoms with Gasteiger partial charge in [-0.1, -0.05) is 0 Å². The van der Waals surface area contributed by atoms with Crippen LogP contribution in [-0.4, -0.2) is 23.5 Å². The maximum Gasteiger partial charge on any atom is 0.408 e. The van der Waals surface area contributed by atoms with Gasteiger partial charge in [-0.05, 0) is 40.0 Å².